The number of likely N-dealkylation sites (tertiary alicyclic amines) is 1. The highest BCUT2D eigenvalue weighted by Gasteiger charge is 2.50. The Balaban J connectivity index is 1.70. The summed E-state index contributed by atoms with van der Waals surface area (Å²) >= 11 is 0. The summed E-state index contributed by atoms with van der Waals surface area (Å²) in [4.78, 5) is 21.4. The number of nitriles is 1. The molecule has 1 saturated carbocycles. The van der Waals surface area contributed by atoms with Crippen molar-refractivity contribution in [3.05, 3.63) is 30.1 Å². The Labute approximate surface area is 150 Å². The minimum atomic E-state index is -0.0240. The molecule has 1 amide bonds. The van der Waals surface area contributed by atoms with E-state index in [-0.39, 0.29) is 16.9 Å². The molecule has 0 atom stereocenters. The SMILES string of the molecule is CN(C)C1(c2ccccn2)CCC2(CC1)CC(=O)N(CCCC#N)C2. The number of aromatic nitrogens is 1. The van der Waals surface area contributed by atoms with E-state index in [1.165, 1.54) is 0 Å². The highest BCUT2D eigenvalue weighted by Crippen LogP contribution is 2.51. The second-order valence-electron chi connectivity index (χ2n) is 7.89. The van der Waals surface area contributed by atoms with Crippen molar-refractivity contribution in [3.8, 4) is 6.07 Å². The number of nitrogens with zero attached hydrogens (tertiary/aromatic N) is 4. The Hall–Kier alpha value is -1.93. The van der Waals surface area contributed by atoms with E-state index in [0.717, 1.165) is 50.9 Å². The molecule has 5 heteroatoms. The summed E-state index contributed by atoms with van der Waals surface area (Å²) in [5.74, 6) is 0.271. The minimum Gasteiger partial charge on any atom is -0.342 e. The number of carbonyl (C=O) groups is 1. The third kappa shape index (κ3) is 3.41. The van der Waals surface area contributed by atoms with Gasteiger partial charge in [0.25, 0.3) is 0 Å². The second-order valence-corrected chi connectivity index (χ2v) is 7.89. The molecule has 0 radical (unpaired) electrons. The molecule has 3 rings (SSSR count). The number of amides is 1. The van der Waals surface area contributed by atoms with E-state index in [1.54, 1.807) is 0 Å². The van der Waals surface area contributed by atoms with E-state index in [9.17, 15) is 4.79 Å². The Morgan fingerprint density at radius 1 is 1.28 bits per heavy atom. The zero-order chi connectivity index (χ0) is 17.9. The molecule has 1 saturated heterocycles. The predicted molar refractivity (Wildman–Crippen MR) is 96.5 cm³/mol. The number of hydrogen-bond acceptors (Lipinski definition) is 4. The van der Waals surface area contributed by atoms with Gasteiger partial charge in [0.15, 0.2) is 0 Å². The van der Waals surface area contributed by atoms with Gasteiger partial charge in [0.1, 0.15) is 0 Å². The Kier molecular flexibility index (Phi) is 5.10. The molecule has 1 aliphatic carbocycles. The molecule has 0 aromatic carbocycles. The topological polar surface area (TPSA) is 60.2 Å². The van der Waals surface area contributed by atoms with Gasteiger partial charge in [-0.3, -0.25) is 14.7 Å². The molecule has 1 aromatic heterocycles. The van der Waals surface area contributed by atoms with Crippen LogP contribution < -0.4 is 0 Å². The maximum Gasteiger partial charge on any atom is 0.223 e. The number of hydrogen-bond donors (Lipinski definition) is 0. The van der Waals surface area contributed by atoms with E-state index >= 15 is 0 Å². The van der Waals surface area contributed by atoms with Crippen LogP contribution in [0.3, 0.4) is 0 Å². The first kappa shape index (κ1) is 17.9. The molecule has 1 spiro atoms. The monoisotopic (exact) mass is 340 g/mol. The maximum absolute atomic E-state index is 12.4. The lowest BCUT2D eigenvalue weighted by Gasteiger charge is -2.48. The first-order valence-electron chi connectivity index (χ1n) is 9.25. The molecule has 2 fully saturated rings. The summed E-state index contributed by atoms with van der Waals surface area (Å²) in [5.41, 5.74) is 1.24. The molecule has 1 aromatic rings. The van der Waals surface area contributed by atoms with Crippen molar-refractivity contribution in [2.75, 3.05) is 27.2 Å². The van der Waals surface area contributed by atoms with E-state index in [2.05, 4.69) is 42.2 Å². The zero-order valence-electron chi connectivity index (χ0n) is 15.4. The molecule has 5 nitrogen and oxygen atoms in total. The van der Waals surface area contributed by atoms with Crippen LogP contribution in [0.25, 0.3) is 0 Å². The predicted octanol–water partition coefficient (Wildman–Crippen LogP) is 2.93. The van der Waals surface area contributed by atoms with Crippen LogP contribution in [0.5, 0.6) is 0 Å². The van der Waals surface area contributed by atoms with Crippen LogP contribution in [-0.4, -0.2) is 47.9 Å². The minimum absolute atomic E-state index is 0.0240. The summed E-state index contributed by atoms with van der Waals surface area (Å²) in [5, 5.41) is 8.70. The van der Waals surface area contributed by atoms with Gasteiger partial charge in [-0.15, -0.1) is 0 Å². The van der Waals surface area contributed by atoms with Crippen molar-refractivity contribution in [2.24, 2.45) is 5.41 Å². The highest BCUT2D eigenvalue weighted by molar-refractivity contribution is 5.79. The number of pyridine rings is 1. The van der Waals surface area contributed by atoms with Gasteiger partial charge in [-0.2, -0.15) is 5.26 Å². The average Bonchev–Trinajstić information content (AvgIpc) is 2.92. The van der Waals surface area contributed by atoms with Gasteiger partial charge in [-0.25, -0.2) is 0 Å². The lowest BCUT2D eigenvalue weighted by molar-refractivity contribution is -0.127. The first-order valence-corrected chi connectivity index (χ1v) is 9.25. The molecule has 25 heavy (non-hydrogen) atoms. The zero-order valence-corrected chi connectivity index (χ0v) is 15.4. The molecule has 0 N–H and O–H groups in total. The normalized spacial score (nSPS) is 29.4. The fraction of sp³-hybridized carbons (Fsp3) is 0.650. The number of rotatable bonds is 5. The lowest BCUT2D eigenvalue weighted by atomic mass is 9.65. The van der Waals surface area contributed by atoms with E-state index < -0.39 is 0 Å². The third-order valence-electron chi connectivity index (χ3n) is 6.26. The number of carbonyl (C=O) groups excluding carboxylic acids is 1. The van der Waals surface area contributed by atoms with Crippen molar-refractivity contribution in [3.63, 3.8) is 0 Å². The quantitative estimate of drug-likeness (QED) is 0.773. The van der Waals surface area contributed by atoms with Gasteiger partial charge in [0.05, 0.1) is 17.3 Å². The Morgan fingerprint density at radius 2 is 2.04 bits per heavy atom. The van der Waals surface area contributed by atoms with Gasteiger partial charge in [-0.1, -0.05) is 6.07 Å². The van der Waals surface area contributed by atoms with Crippen molar-refractivity contribution < 1.29 is 4.79 Å². The van der Waals surface area contributed by atoms with Crippen molar-refractivity contribution >= 4 is 5.91 Å². The molecular weight excluding hydrogens is 312 g/mol. The van der Waals surface area contributed by atoms with Crippen LogP contribution in [-0.2, 0) is 10.3 Å². The molecule has 2 aliphatic rings. The van der Waals surface area contributed by atoms with Crippen LogP contribution in [0.2, 0.25) is 0 Å². The molecule has 1 aliphatic heterocycles. The third-order valence-corrected chi connectivity index (χ3v) is 6.26. The standard InChI is InChI=1S/C20H28N4O/c1-23(2)20(17-7-3-5-13-22-17)10-8-19(9-11-20)15-18(25)24(16-19)14-6-4-12-21/h3,5,7,13H,4,6,8-11,14-16H2,1-2H3. The maximum atomic E-state index is 12.4. The van der Waals surface area contributed by atoms with Crippen molar-refractivity contribution in [1.29, 1.82) is 5.26 Å². The second kappa shape index (κ2) is 7.13. The van der Waals surface area contributed by atoms with Crippen molar-refractivity contribution in [1.82, 2.24) is 14.8 Å². The summed E-state index contributed by atoms with van der Waals surface area (Å²) in [6.07, 6.45) is 8.05. The van der Waals surface area contributed by atoms with Crippen molar-refractivity contribution in [2.45, 2.75) is 50.5 Å². The van der Waals surface area contributed by atoms with Crippen LogP contribution in [0.4, 0.5) is 0 Å². The van der Waals surface area contributed by atoms with Crippen LogP contribution in [0, 0.1) is 16.7 Å². The smallest absolute Gasteiger partial charge is 0.223 e. The van der Waals surface area contributed by atoms with Gasteiger partial charge in [0.2, 0.25) is 5.91 Å². The van der Waals surface area contributed by atoms with Gasteiger partial charge in [-0.05, 0) is 63.7 Å². The van der Waals surface area contributed by atoms with E-state index in [0.29, 0.717) is 12.8 Å². The summed E-state index contributed by atoms with van der Waals surface area (Å²) in [6.45, 7) is 1.59. The van der Waals surface area contributed by atoms with Crippen LogP contribution in [0.15, 0.2) is 24.4 Å². The molecule has 0 unspecified atom stereocenters. The summed E-state index contributed by atoms with van der Waals surface area (Å²) < 4.78 is 0. The molecular formula is C20H28N4O. The Morgan fingerprint density at radius 3 is 2.64 bits per heavy atom. The number of unbranched alkanes of at least 4 members (excludes halogenated alkanes) is 1. The Bertz CT molecular complexity index is 641. The fourth-order valence-electron chi connectivity index (χ4n) is 4.63. The average molecular weight is 340 g/mol. The van der Waals surface area contributed by atoms with Gasteiger partial charge < -0.3 is 4.90 Å². The van der Waals surface area contributed by atoms with E-state index in [1.807, 2.05) is 17.2 Å². The molecule has 0 bridgehead atoms. The van der Waals surface area contributed by atoms with Crippen LogP contribution >= 0.6 is 0 Å². The molecule has 134 valence electrons. The largest absolute Gasteiger partial charge is 0.342 e. The van der Waals surface area contributed by atoms with Gasteiger partial charge >= 0.3 is 0 Å². The van der Waals surface area contributed by atoms with Gasteiger partial charge in [0, 0.05) is 32.1 Å². The summed E-state index contributed by atoms with van der Waals surface area (Å²) in [7, 11) is 4.28. The van der Waals surface area contributed by atoms with Crippen LogP contribution in [0.1, 0.15) is 50.6 Å². The lowest BCUT2D eigenvalue weighted by Crippen LogP contribution is -2.48. The highest BCUT2D eigenvalue weighted by atomic mass is 16.2. The fourth-order valence-corrected chi connectivity index (χ4v) is 4.63. The molecule has 2 heterocycles. The summed E-state index contributed by atoms with van der Waals surface area (Å²) in [6, 6.07) is 8.33. The van der Waals surface area contributed by atoms with E-state index in [4.69, 9.17) is 5.26 Å². The first-order chi connectivity index (χ1) is 12.0.